The average molecular weight is 260 g/mol. The van der Waals surface area contributed by atoms with E-state index in [1.54, 1.807) is 5.57 Å². The van der Waals surface area contributed by atoms with Crippen LogP contribution < -0.4 is 15.8 Å². The second-order valence-corrected chi connectivity index (χ2v) is 4.97. The molecule has 104 valence electrons. The van der Waals surface area contributed by atoms with Crippen LogP contribution in [0, 0.1) is 0 Å². The Morgan fingerprint density at radius 3 is 2.95 bits per heavy atom. The van der Waals surface area contributed by atoms with Crippen LogP contribution in [0.3, 0.4) is 0 Å². The molecule has 0 fully saturated rings. The predicted molar refractivity (Wildman–Crippen MR) is 81.7 cm³/mol. The molecule has 1 aliphatic rings. The largest absolute Gasteiger partial charge is 0.492 e. The summed E-state index contributed by atoms with van der Waals surface area (Å²) >= 11 is 0. The zero-order valence-electron chi connectivity index (χ0n) is 11.7. The fourth-order valence-electron chi connectivity index (χ4n) is 2.42. The van der Waals surface area contributed by atoms with Gasteiger partial charge >= 0.3 is 0 Å². The molecule has 0 bridgehead atoms. The van der Waals surface area contributed by atoms with Crippen molar-refractivity contribution >= 4 is 11.4 Å². The minimum atomic E-state index is 0.639. The number of hydrogen-bond acceptors (Lipinski definition) is 3. The van der Waals surface area contributed by atoms with Gasteiger partial charge in [-0.1, -0.05) is 11.6 Å². The summed E-state index contributed by atoms with van der Waals surface area (Å²) in [5.74, 6) is 0.768. The van der Waals surface area contributed by atoms with E-state index in [1.165, 1.54) is 25.7 Å². The fourth-order valence-corrected chi connectivity index (χ4v) is 2.42. The lowest BCUT2D eigenvalue weighted by molar-refractivity contribution is 0.342. The first kappa shape index (κ1) is 13.8. The molecule has 0 aromatic heterocycles. The van der Waals surface area contributed by atoms with Crippen LogP contribution in [0.2, 0.25) is 0 Å². The van der Waals surface area contributed by atoms with Crippen molar-refractivity contribution in [1.29, 1.82) is 0 Å². The van der Waals surface area contributed by atoms with Gasteiger partial charge in [-0.15, -0.1) is 0 Å². The maximum Gasteiger partial charge on any atom is 0.144 e. The van der Waals surface area contributed by atoms with E-state index < -0.39 is 0 Å². The molecule has 0 saturated carbocycles. The average Bonchev–Trinajstić information content (AvgIpc) is 2.44. The number of ether oxygens (including phenoxy) is 1. The second-order valence-electron chi connectivity index (χ2n) is 4.97. The molecule has 1 aliphatic carbocycles. The van der Waals surface area contributed by atoms with Crippen LogP contribution in [-0.2, 0) is 0 Å². The van der Waals surface area contributed by atoms with Gasteiger partial charge in [0.2, 0.25) is 0 Å². The van der Waals surface area contributed by atoms with E-state index in [-0.39, 0.29) is 0 Å². The van der Waals surface area contributed by atoms with Crippen molar-refractivity contribution in [3.05, 3.63) is 29.8 Å². The van der Waals surface area contributed by atoms with Gasteiger partial charge in [0.25, 0.3) is 0 Å². The quantitative estimate of drug-likeness (QED) is 0.601. The molecule has 0 saturated heterocycles. The smallest absolute Gasteiger partial charge is 0.144 e. The van der Waals surface area contributed by atoms with Crippen molar-refractivity contribution < 1.29 is 4.74 Å². The molecule has 0 unspecified atom stereocenters. The van der Waals surface area contributed by atoms with E-state index in [9.17, 15) is 0 Å². The Kier molecular flexibility index (Phi) is 5.13. The zero-order chi connectivity index (χ0) is 13.5. The van der Waals surface area contributed by atoms with Gasteiger partial charge in [0.1, 0.15) is 5.75 Å². The van der Waals surface area contributed by atoms with Crippen molar-refractivity contribution in [1.82, 2.24) is 0 Å². The first-order valence-corrected chi connectivity index (χ1v) is 7.23. The van der Waals surface area contributed by atoms with E-state index in [0.717, 1.165) is 24.4 Å². The molecule has 0 radical (unpaired) electrons. The number of hydrogen-bond donors (Lipinski definition) is 2. The summed E-state index contributed by atoms with van der Waals surface area (Å²) in [7, 11) is 0. The molecule has 0 amide bonds. The number of anilines is 2. The lowest BCUT2D eigenvalue weighted by atomic mass is 9.97. The molecule has 1 aromatic rings. The Morgan fingerprint density at radius 1 is 1.32 bits per heavy atom. The van der Waals surface area contributed by atoms with E-state index in [2.05, 4.69) is 11.4 Å². The maximum atomic E-state index is 5.86. The van der Waals surface area contributed by atoms with Gasteiger partial charge in [0, 0.05) is 18.3 Å². The van der Waals surface area contributed by atoms with Crippen molar-refractivity contribution in [3.63, 3.8) is 0 Å². The van der Waals surface area contributed by atoms with E-state index in [0.29, 0.717) is 12.3 Å². The van der Waals surface area contributed by atoms with Crippen LogP contribution in [-0.4, -0.2) is 13.2 Å². The summed E-state index contributed by atoms with van der Waals surface area (Å²) < 4.78 is 5.50. The van der Waals surface area contributed by atoms with Gasteiger partial charge in [0.15, 0.2) is 0 Å². The van der Waals surface area contributed by atoms with Crippen LogP contribution in [0.25, 0.3) is 0 Å². The Balaban J connectivity index is 1.85. The van der Waals surface area contributed by atoms with Crippen molar-refractivity contribution in [2.45, 2.75) is 39.0 Å². The van der Waals surface area contributed by atoms with Crippen molar-refractivity contribution in [2.24, 2.45) is 0 Å². The third kappa shape index (κ3) is 4.19. The summed E-state index contributed by atoms with van der Waals surface area (Å²) in [5.41, 5.74) is 9.23. The molecule has 0 aliphatic heterocycles. The highest BCUT2D eigenvalue weighted by atomic mass is 16.5. The van der Waals surface area contributed by atoms with Crippen molar-refractivity contribution in [2.75, 3.05) is 24.2 Å². The van der Waals surface area contributed by atoms with Crippen LogP contribution in [0.1, 0.15) is 39.0 Å². The topological polar surface area (TPSA) is 47.3 Å². The lowest BCUT2D eigenvalue weighted by Crippen LogP contribution is -2.05. The summed E-state index contributed by atoms with van der Waals surface area (Å²) in [5, 5.41) is 3.44. The van der Waals surface area contributed by atoms with Crippen LogP contribution in [0.5, 0.6) is 5.75 Å². The molecular formula is C16H24N2O. The first-order valence-electron chi connectivity index (χ1n) is 7.23. The standard InChI is InChI=1S/C16H24N2O/c1-2-19-16-12-14(8-9-15(16)17)18-11-10-13-6-4-3-5-7-13/h6,8-9,12,18H,2-5,7,10-11,17H2,1H3. The number of nitrogens with one attached hydrogen (secondary N) is 1. The van der Waals surface area contributed by atoms with Crippen LogP contribution >= 0.6 is 0 Å². The third-order valence-corrected chi connectivity index (χ3v) is 3.47. The van der Waals surface area contributed by atoms with Crippen LogP contribution in [0.4, 0.5) is 11.4 Å². The summed E-state index contributed by atoms with van der Waals surface area (Å²) in [4.78, 5) is 0. The molecule has 1 aromatic carbocycles. The van der Waals surface area contributed by atoms with Gasteiger partial charge in [-0.05, 0) is 51.2 Å². The molecule has 0 spiro atoms. The molecule has 3 heteroatoms. The minimum absolute atomic E-state index is 0.639. The number of nitrogen functional groups attached to an aromatic ring is 1. The monoisotopic (exact) mass is 260 g/mol. The number of allylic oxidation sites excluding steroid dienone is 1. The van der Waals surface area contributed by atoms with E-state index in [1.807, 2.05) is 25.1 Å². The van der Waals surface area contributed by atoms with Gasteiger partial charge in [0.05, 0.1) is 12.3 Å². The minimum Gasteiger partial charge on any atom is -0.492 e. The normalized spacial score (nSPS) is 14.9. The zero-order valence-corrected chi connectivity index (χ0v) is 11.7. The number of nitrogens with two attached hydrogens (primary N) is 1. The van der Waals surface area contributed by atoms with Gasteiger partial charge in [-0.2, -0.15) is 0 Å². The Bertz CT molecular complexity index is 440. The first-order chi connectivity index (χ1) is 9.29. The number of rotatable bonds is 6. The highest BCUT2D eigenvalue weighted by Crippen LogP contribution is 2.26. The third-order valence-electron chi connectivity index (χ3n) is 3.47. The molecule has 0 heterocycles. The van der Waals surface area contributed by atoms with E-state index in [4.69, 9.17) is 10.5 Å². The Morgan fingerprint density at radius 2 is 2.21 bits per heavy atom. The second kappa shape index (κ2) is 7.07. The van der Waals surface area contributed by atoms with E-state index >= 15 is 0 Å². The molecule has 0 atom stereocenters. The lowest BCUT2D eigenvalue weighted by Gasteiger charge is -2.14. The fraction of sp³-hybridized carbons (Fsp3) is 0.500. The molecule has 19 heavy (non-hydrogen) atoms. The predicted octanol–water partition coefficient (Wildman–Crippen LogP) is 3.97. The molecular weight excluding hydrogens is 236 g/mol. The Labute approximate surface area is 115 Å². The highest BCUT2D eigenvalue weighted by Gasteiger charge is 2.04. The summed E-state index contributed by atoms with van der Waals surface area (Å²) in [6.45, 7) is 3.58. The van der Waals surface area contributed by atoms with Gasteiger partial charge in [-0.3, -0.25) is 0 Å². The SMILES string of the molecule is CCOc1cc(NCCC2=CCCCC2)ccc1N. The van der Waals surface area contributed by atoms with Gasteiger partial charge in [-0.25, -0.2) is 0 Å². The van der Waals surface area contributed by atoms with Crippen LogP contribution in [0.15, 0.2) is 29.8 Å². The Hall–Kier alpha value is -1.64. The summed E-state index contributed by atoms with van der Waals surface area (Å²) in [6.07, 6.45) is 8.77. The number of benzene rings is 1. The maximum absolute atomic E-state index is 5.86. The summed E-state index contributed by atoms with van der Waals surface area (Å²) in [6, 6.07) is 5.88. The molecule has 3 N–H and O–H groups in total. The van der Waals surface area contributed by atoms with Gasteiger partial charge < -0.3 is 15.8 Å². The molecule has 2 rings (SSSR count). The highest BCUT2D eigenvalue weighted by molar-refractivity contribution is 5.61. The van der Waals surface area contributed by atoms with Crippen molar-refractivity contribution in [3.8, 4) is 5.75 Å². The molecule has 3 nitrogen and oxygen atoms in total.